The summed E-state index contributed by atoms with van der Waals surface area (Å²) >= 11 is 0. The van der Waals surface area contributed by atoms with Crippen LogP contribution in [0.25, 0.3) is 0 Å². The number of carbonyl (C=O) groups excluding carboxylic acids is 1. The van der Waals surface area contributed by atoms with E-state index in [1.54, 1.807) is 17.4 Å². The zero-order valence-corrected chi connectivity index (χ0v) is 13.4. The van der Waals surface area contributed by atoms with Crippen LogP contribution in [-0.2, 0) is 17.6 Å². The first-order chi connectivity index (χ1) is 11.1. The van der Waals surface area contributed by atoms with E-state index in [4.69, 9.17) is 0 Å². The highest BCUT2D eigenvalue weighted by molar-refractivity contribution is 5.78. The molecule has 1 amide bonds. The van der Waals surface area contributed by atoms with Crippen molar-refractivity contribution >= 4 is 5.91 Å². The van der Waals surface area contributed by atoms with Gasteiger partial charge in [-0.05, 0) is 31.2 Å². The van der Waals surface area contributed by atoms with Gasteiger partial charge in [-0.3, -0.25) is 4.79 Å². The predicted octanol–water partition coefficient (Wildman–Crippen LogP) is 1.71. The maximum atomic E-state index is 12.3. The minimum absolute atomic E-state index is 0.0438. The zero-order chi connectivity index (χ0) is 16.2. The summed E-state index contributed by atoms with van der Waals surface area (Å²) in [5.74, 6) is 0.260. The summed E-state index contributed by atoms with van der Waals surface area (Å²) in [7, 11) is 0. The number of aromatic nitrogens is 2. The van der Waals surface area contributed by atoms with Crippen LogP contribution in [0.1, 0.15) is 23.2 Å². The molecule has 3 rings (SSSR count). The number of nitrogens with zero attached hydrogens (tertiary/aromatic N) is 2. The molecule has 1 saturated heterocycles. The quantitative estimate of drug-likeness (QED) is 0.903. The highest BCUT2D eigenvalue weighted by Crippen LogP contribution is 2.23. The van der Waals surface area contributed by atoms with E-state index in [-0.39, 0.29) is 11.8 Å². The molecule has 2 aromatic rings. The first kappa shape index (κ1) is 15.7. The van der Waals surface area contributed by atoms with Crippen molar-refractivity contribution in [2.24, 2.45) is 5.92 Å². The van der Waals surface area contributed by atoms with Crippen LogP contribution in [0.15, 0.2) is 36.8 Å². The summed E-state index contributed by atoms with van der Waals surface area (Å²) in [6.45, 7) is 3.21. The van der Waals surface area contributed by atoms with Gasteiger partial charge < -0.3 is 15.0 Å². The fourth-order valence-electron chi connectivity index (χ4n) is 3.24. The number of aryl methyl sites for hydroxylation is 1. The number of aromatic amines is 1. The second-order valence-electron chi connectivity index (χ2n) is 6.40. The molecule has 5 heteroatoms. The molecule has 0 bridgehead atoms. The first-order valence-electron chi connectivity index (χ1n) is 8.10. The topological polar surface area (TPSA) is 69.2 Å². The lowest BCUT2D eigenvalue weighted by Crippen LogP contribution is -2.47. The molecular formula is C18H23N3O2. The molecule has 2 atom stereocenters. The van der Waals surface area contributed by atoms with Gasteiger partial charge in [-0.15, -0.1) is 0 Å². The van der Waals surface area contributed by atoms with Gasteiger partial charge in [0.25, 0.3) is 0 Å². The van der Waals surface area contributed by atoms with Crippen LogP contribution in [0.4, 0.5) is 0 Å². The van der Waals surface area contributed by atoms with Crippen LogP contribution in [0, 0.1) is 12.8 Å². The fourth-order valence-corrected chi connectivity index (χ4v) is 3.24. The summed E-state index contributed by atoms with van der Waals surface area (Å²) in [6, 6.07) is 8.41. The molecule has 5 nitrogen and oxygen atoms in total. The Morgan fingerprint density at radius 3 is 3.04 bits per heavy atom. The van der Waals surface area contributed by atoms with E-state index in [9.17, 15) is 9.90 Å². The number of amides is 1. The summed E-state index contributed by atoms with van der Waals surface area (Å²) in [6.07, 6.45) is 4.80. The first-order valence-corrected chi connectivity index (χ1v) is 8.10. The molecule has 2 heterocycles. The van der Waals surface area contributed by atoms with E-state index < -0.39 is 6.10 Å². The molecule has 0 unspecified atom stereocenters. The van der Waals surface area contributed by atoms with E-state index in [1.807, 2.05) is 0 Å². The summed E-state index contributed by atoms with van der Waals surface area (Å²) in [4.78, 5) is 20.9. The number of rotatable bonds is 4. The second-order valence-corrected chi connectivity index (χ2v) is 6.40. The van der Waals surface area contributed by atoms with Crippen molar-refractivity contribution in [2.45, 2.75) is 32.3 Å². The Morgan fingerprint density at radius 1 is 1.48 bits per heavy atom. The summed E-state index contributed by atoms with van der Waals surface area (Å²) < 4.78 is 0. The molecule has 0 radical (unpaired) electrons. The normalized spacial score (nSPS) is 21.4. The predicted molar refractivity (Wildman–Crippen MR) is 87.9 cm³/mol. The maximum absolute atomic E-state index is 12.3. The number of β-amino-alcohol motifs (C(OH)–C–C–N with tert-alkyl or cyclic N) is 1. The highest BCUT2D eigenvalue weighted by Gasteiger charge is 2.30. The second kappa shape index (κ2) is 6.96. The van der Waals surface area contributed by atoms with Crippen LogP contribution >= 0.6 is 0 Å². The fraction of sp³-hybridized carbons (Fsp3) is 0.444. The van der Waals surface area contributed by atoms with Crippen LogP contribution < -0.4 is 0 Å². The molecule has 1 aromatic carbocycles. The Bertz CT molecular complexity index is 654. The number of hydrogen-bond donors (Lipinski definition) is 2. The number of H-pyrrole nitrogens is 1. The monoisotopic (exact) mass is 313 g/mol. The Kier molecular flexibility index (Phi) is 4.76. The lowest BCUT2D eigenvalue weighted by atomic mass is 9.87. The van der Waals surface area contributed by atoms with Gasteiger partial charge in [0.2, 0.25) is 5.91 Å². The molecular weight excluding hydrogens is 290 g/mol. The molecule has 1 aromatic heterocycles. The summed E-state index contributed by atoms with van der Waals surface area (Å²) in [5, 5.41) is 10.4. The van der Waals surface area contributed by atoms with Gasteiger partial charge in [-0.1, -0.05) is 29.8 Å². The largest absolute Gasteiger partial charge is 0.391 e. The lowest BCUT2D eigenvalue weighted by Gasteiger charge is -2.36. The lowest BCUT2D eigenvalue weighted by molar-refractivity contribution is -0.135. The number of aliphatic hydroxyl groups excluding tert-OH is 1. The number of likely N-dealkylation sites (tertiary alicyclic amines) is 1. The van der Waals surface area contributed by atoms with Gasteiger partial charge >= 0.3 is 0 Å². The van der Waals surface area contributed by atoms with E-state index in [0.717, 1.165) is 18.5 Å². The standard InChI is InChI=1S/C18H23N3O2/c1-13-3-2-4-14(7-13)8-15-5-6-21(11-17(15)22)18(23)9-16-10-19-12-20-16/h2-4,7,10,12,15,17,22H,5-6,8-9,11H2,1H3,(H,19,20)/t15-,17+/m1/s1. The van der Waals surface area contributed by atoms with E-state index in [1.165, 1.54) is 11.1 Å². The van der Waals surface area contributed by atoms with Crippen LogP contribution in [0.3, 0.4) is 0 Å². The van der Waals surface area contributed by atoms with Gasteiger partial charge in [0.15, 0.2) is 0 Å². The smallest absolute Gasteiger partial charge is 0.228 e. The highest BCUT2D eigenvalue weighted by atomic mass is 16.3. The van der Waals surface area contributed by atoms with Crippen molar-refractivity contribution in [3.63, 3.8) is 0 Å². The number of imidazole rings is 1. The van der Waals surface area contributed by atoms with Crippen LogP contribution in [0.2, 0.25) is 0 Å². The Balaban J connectivity index is 1.55. The van der Waals surface area contributed by atoms with Crippen molar-refractivity contribution in [2.75, 3.05) is 13.1 Å². The molecule has 0 spiro atoms. The van der Waals surface area contributed by atoms with Crippen molar-refractivity contribution in [1.82, 2.24) is 14.9 Å². The van der Waals surface area contributed by atoms with Crippen LogP contribution in [0.5, 0.6) is 0 Å². The molecule has 0 saturated carbocycles. The number of hydrogen-bond acceptors (Lipinski definition) is 3. The summed E-state index contributed by atoms with van der Waals surface area (Å²) in [5.41, 5.74) is 3.31. The Hall–Kier alpha value is -2.14. The van der Waals surface area contributed by atoms with Gasteiger partial charge in [0, 0.05) is 25.0 Å². The third kappa shape index (κ3) is 3.99. The third-order valence-corrected chi connectivity index (χ3v) is 4.55. The maximum Gasteiger partial charge on any atom is 0.228 e. The Morgan fingerprint density at radius 2 is 2.35 bits per heavy atom. The minimum Gasteiger partial charge on any atom is -0.391 e. The third-order valence-electron chi connectivity index (χ3n) is 4.55. The van der Waals surface area contributed by atoms with Crippen molar-refractivity contribution in [1.29, 1.82) is 0 Å². The number of piperidine rings is 1. The van der Waals surface area contributed by atoms with E-state index in [0.29, 0.717) is 19.5 Å². The minimum atomic E-state index is -0.463. The average molecular weight is 313 g/mol. The van der Waals surface area contributed by atoms with E-state index >= 15 is 0 Å². The SMILES string of the molecule is Cc1cccc(C[C@H]2CCN(C(=O)Cc3cnc[nH]3)C[C@@H]2O)c1. The van der Waals surface area contributed by atoms with Gasteiger partial charge in [0.05, 0.1) is 18.9 Å². The number of nitrogens with one attached hydrogen (secondary N) is 1. The molecule has 2 N–H and O–H groups in total. The van der Waals surface area contributed by atoms with Crippen LogP contribution in [-0.4, -0.2) is 45.1 Å². The van der Waals surface area contributed by atoms with Crippen molar-refractivity contribution in [3.05, 3.63) is 53.6 Å². The molecule has 1 aliphatic heterocycles. The zero-order valence-electron chi connectivity index (χ0n) is 13.4. The average Bonchev–Trinajstić information content (AvgIpc) is 3.02. The number of carbonyl (C=O) groups is 1. The van der Waals surface area contributed by atoms with Crippen molar-refractivity contribution < 1.29 is 9.90 Å². The van der Waals surface area contributed by atoms with Crippen molar-refractivity contribution in [3.8, 4) is 0 Å². The Labute approximate surface area is 136 Å². The van der Waals surface area contributed by atoms with Gasteiger partial charge in [-0.25, -0.2) is 4.98 Å². The molecule has 1 fully saturated rings. The molecule has 23 heavy (non-hydrogen) atoms. The van der Waals surface area contributed by atoms with E-state index in [2.05, 4.69) is 41.2 Å². The molecule has 122 valence electrons. The number of benzene rings is 1. The van der Waals surface area contributed by atoms with Gasteiger partial charge in [-0.2, -0.15) is 0 Å². The van der Waals surface area contributed by atoms with Gasteiger partial charge in [0.1, 0.15) is 0 Å². The molecule has 0 aliphatic carbocycles. The number of aliphatic hydroxyl groups is 1. The molecule has 1 aliphatic rings.